The van der Waals surface area contributed by atoms with E-state index in [0.29, 0.717) is 32.8 Å². The number of carbonyl (C=O) groups excluding carboxylic acids is 2. The molecule has 1 N–H and O–H groups in total. The van der Waals surface area contributed by atoms with Crippen molar-refractivity contribution in [3.05, 3.63) is 86.6 Å². The number of carbonyl (C=O) groups is 2. The predicted octanol–water partition coefficient (Wildman–Crippen LogP) is 5.45. The minimum atomic E-state index is -1.16. The van der Waals surface area contributed by atoms with E-state index in [1.807, 2.05) is 36.4 Å². The van der Waals surface area contributed by atoms with Crippen LogP contribution >= 0.6 is 11.3 Å². The first-order chi connectivity index (χ1) is 18.3. The summed E-state index contributed by atoms with van der Waals surface area (Å²) in [5.74, 6) is -0.784. The van der Waals surface area contributed by atoms with Gasteiger partial charge >= 0.3 is 5.97 Å². The zero-order valence-corrected chi connectivity index (χ0v) is 22.2. The van der Waals surface area contributed by atoms with Gasteiger partial charge in [0.05, 0.1) is 5.56 Å². The highest BCUT2D eigenvalue weighted by molar-refractivity contribution is 7.16. The maximum atomic E-state index is 13.5. The van der Waals surface area contributed by atoms with Crippen molar-refractivity contribution in [2.75, 3.05) is 5.32 Å². The number of nitrogens with zero attached hydrogens (tertiary/aromatic N) is 2. The molecule has 1 aliphatic rings. The van der Waals surface area contributed by atoms with E-state index >= 15 is 0 Å². The van der Waals surface area contributed by atoms with Gasteiger partial charge in [-0.3, -0.25) is 9.59 Å². The van der Waals surface area contributed by atoms with Crippen molar-refractivity contribution in [2.24, 2.45) is 13.0 Å². The summed E-state index contributed by atoms with van der Waals surface area (Å²) in [7, 11) is 1.53. The molecule has 7 nitrogen and oxygen atoms in total. The van der Waals surface area contributed by atoms with Gasteiger partial charge in [0.15, 0.2) is 6.10 Å². The molecular formula is C30H27N3O4S. The van der Waals surface area contributed by atoms with E-state index in [0.717, 1.165) is 35.3 Å². The van der Waals surface area contributed by atoms with Gasteiger partial charge in [0.25, 0.3) is 11.5 Å². The Morgan fingerprint density at radius 2 is 1.82 bits per heavy atom. The Morgan fingerprint density at radius 1 is 1.13 bits per heavy atom. The molecule has 2 unspecified atom stereocenters. The summed E-state index contributed by atoms with van der Waals surface area (Å²) in [6.07, 6.45) is 1.55. The lowest BCUT2D eigenvalue weighted by molar-refractivity contribution is -0.123. The number of benzene rings is 2. The number of ether oxygens (including phenoxy) is 1. The van der Waals surface area contributed by atoms with Crippen LogP contribution in [-0.4, -0.2) is 22.5 Å². The normalized spacial score (nSPS) is 15.4. The number of anilines is 1. The topological polar surface area (TPSA) is 101 Å². The van der Waals surface area contributed by atoms with Gasteiger partial charge in [-0.25, -0.2) is 4.79 Å². The molecule has 0 aliphatic heterocycles. The monoisotopic (exact) mass is 525 g/mol. The van der Waals surface area contributed by atoms with Gasteiger partial charge < -0.3 is 14.6 Å². The van der Waals surface area contributed by atoms with E-state index in [4.69, 9.17) is 4.74 Å². The molecule has 8 heteroatoms. The Kier molecular flexibility index (Phi) is 6.87. The van der Waals surface area contributed by atoms with Crippen LogP contribution in [0.15, 0.2) is 59.4 Å². The van der Waals surface area contributed by atoms with Crippen molar-refractivity contribution >= 4 is 39.0 Å². The number of aromatic nitrogens is 1. The van der Waals surface area contributed by atoms with E-state index in [1.165, 1.54) is 29.9 Å². The van der Waals surface area contributed by atoms with E-state index in [1.54, 1.807) is 18.2 Å². The Labute approximate surface area is 224 Å². The number of esters is 1. The minimum absolute atomic E-state index is 0.0674. The van der Waals surface area contributed by atoms with Gasteiger partial charge in [-0.1, -0.05) is 55.5 Å². The SMILES string of the molecule is CC1CCc2c(sc(NC(=O)C(C)OC(=O)c3c(-c4ccccc4)c4ccccc4c(=O)n3C)c2C#N)C1. The average Bonchev–Trinajstić information content (AvgIpc) is 3.26. The van der Waals surface area contributed by atoms with Crippen LogP contribution in [0, 0.1) is 17.2 Å². The summed E-state index contributed by atoms with van der Waals surface area (Å²) in [6, 6.07) is 18.7. The smallest absolute Gasteiger partial charge is 0.356 e. The van der Waals surface area contributed by atoms with Crippen molar-refractivity contribution in [1.82, 2.24) is 4.57 Å². The van der Waals surface area contributed by atoms with Gasteiger partial charge in [-0.2, -0.15) is 5.26 Å². The van der Waals surface area contributed by atoms with Crippen LogP contribution in [0.25, 0.3) is 21.9 Å². The Bertz CT molecular complexity index is 1660. The molecule has 0 bridgehead atoms. The molecule has 0 saturated carbocycles. The molecule has 5 rings (SSSR count). The first-order valence-electron chi connectivity index (χ1n) is 12.5. The zero-order valence-electron chi connectivity index (χ0n) is 21.4. The Morgan fingerprint density at radius 3 is 2.53 bits per heavy atom. The summed E-state index contributed by atoms with van der Waals surface area (Å²) in [5.41, 5.74) is 2.55. The first-order valence-corrected chi connectivity index (χ1v) is 13.3. The molecule has 0 fully saturated rings. The van der Waals surface area contributed by atoms with Gasteiger partial charge in [0.1, 0.15) is 16.8 Å². The fraction of sp³-hybridized carbons (Fsp3) is 0.267. The molecule has 2 aromatic heterocycles. The molecular weight excluding hydrogens is 498 g/mol. The molecule has 0 radical (unpaired) electrons. The molecule has 4 aromatic rings. The van der Waals surface area contributed by atoms with E-state index in [9.17, 15) is 19.6 Å². The Hall–Kier alpha value is -4.22. The fourth-order valence-electron chi connectivity index (χ4n) is 5.04. The zero-order chi connectivity index (χ0) is 27.0. The molecule has 0 saturated heterocycles. The standard InChI is InChI=1S/C30H27N3O4S/c1-17-13-14-20-23(16-31)28(38-24(20)15-17)32-27(34)18(2)37-30(36)26-25(19-9-5-4-6-10-19)21-11-7-8-12-22(21)29(35)33(26)3/h4-12,17-18H,13-15H2,1-3H3,(H,32,34). The lowest BCUT2D eigenvalue weighted by Gasteiger charge is -2.19. The minimum Gasteiger partial charge on any atom is -0.448 e. The van der Waals surface area contributed by atoms with Crippen LogP contribution in [0.4, 0.5) is 5.00 Å². The number of fused-ring (bicyclic) bond motifs is 2. The summed E-state index contributed by atoms with van der Waals surface area (Å²) < 4.78 is 6.90. The number of nitriles is 1. The molecule has 2 atom stereocenters. The largest absolute Gasteiger partial charge is 0.448 e. The second kappa shape index (κ2) is 10.3. The molecule has 2 heterocycles. The number of nitrogens with one attached hydrogen (secondary N) is 1. The number of rotatable bonds is 5. The van der Waals surface area contributed by atoms with Gasteiger partial charge in [-0.15, -0.1) is 11.3 Å². The van der Waals surface area contributed by atoms with E-state index < -0.39 is 18.0 Å². The third kappa shape index (κ3) is 4.50. The van der Waals surface area contributed by atoms with Crippen LogP contribution in [0.2, 0.25) is 0 Å². The van der Waals surface area contributed by atoms with Gasteiger partial charge in [0, 0.05) is 22.9 Å². The number of amides is 1. The molecule has 38 heavy (non-hydrogen) atoms. The lowest BCUT2D eigenvalue weighted by atomic mass is 9.88. The third-order valence-electron chi connectivity index (χ3n) is 7.07. The highest BCUT2D eigenvalue weighted by atomic mass is 32.1. The number of thiophene rings is 1. The van der Waals surface area contributed by atoms with E-state index in [2.05, 4.69) is 18.3 Å². The van der Waals surface area contributed by atoms with Crippen molar-refractivity contribution in [3.63, 3.8) is 0 Å². The predicted molar refractivity (Wildman–Crippen MR) is 148 cm³/mol. The Balaban J connectivity index is 1.47. The van der Waals surface area contributed by atoms with Gasteiger partial charge in [0.2, 0.25) is 0 Å². The molecule has 2 aromatic carbocycles. The maximum Gasteiger partial charge on any atom is 0.356 e. The van der Waals surface area contributed by atoms with Crippen LogP contribution in [-0.2, 0) is 29.4 Å². The number of hydrogen-bond donors (Lipinski definition) is 1. The molecule has 0 spiro atoms. The average molecular weight is 526 g/mol. The fourth-order valence-corrected chi connectivity index (χ4v) is 6.41. The third-order valence-corrected chi connectivity index (χ3v) is 8.24. The van der Waals surface area contributed by atoms with Crippen molar-refractivity contribution in [3.8, 4) is 17.2 Å². The molecule has 192 valence electrons. The van der Waals surface area contributed by atoms with Crippen LogP contribution in [0.3, 0.4) is 0 Å². The maximum absolute atomic E-state index is 13.5. The summed E-state index contributed by atoms with van der Waals surface area (Å²) in [4.78, 5) is 40.9. The quantitative estimate of drug-likeness (QED) is 0.349. The molecule has 1 amide bonds. The van der Waals surface area contributed by atoms with Crippen LogP contribution in [0.1, 0.15) is 46.8 Å². The van der Waals surface area contributed by atoms with Crippen molar-refractivity contribution < 1.29 is 14.3 Å². The highest BCUT2D eigenvalue weighted by Gasteiger charge is 2.29. The van der Waals surface area contributed by atoms with Gasteiger partial charge in [-0.05, 0) is 54.7 Å². The summed E-state index contributed by atoms with van der Waals surface area (Å²) >= 11 is 1.42. The second-order valence-corrected chi connectivity index (χ2v) is 10.8. The van der Waals surface area contributed by atoms with Crippen molar-refractivity contribution in [2.45, 2.75) is 39.2 Å². The summed E-state index contributed by atoms with van der Waals surface area (Å²) in [5, 5.41) is 14.1. The highest BCUT2D eigenvalue weighted by Crippen LogP contribution is 2.39. The second-order valence-electron chi connectivity index (χ2n) is 9.70. The van der Waals surface area contributed by atoms with Crippen LogP contribution < -0.4 is 10.9 Å². The molecule has 1 aliphatic carbocycles. The van der Waals surface area contributed by atoms with Crippen molar-refractivity contribution in [1.29, 1.82) is 5.26 Å². The number of hydrogen-bond acceptors (Lipinski definition) is 6. The number of pyridine rings is 1. The van der Waals surface area contributed by atoms with Crippen LogP contribution in [0.5, 0.6) is 0 Å². The summed E-state index contributed by atoms with van der Waals surface area (Å²) in [6.45, 7) is 3.66. The first kappa shape index (κ1) is 25.4. The lowest BCUT2D eigenvalue weighted by Crippen LogP contribution is -2.32. The van der Waals surface area contributed by atoms with E-state index in [-0.39, 0.29) is 11.3 Å².